The van der Waals surface area contributed by atoms with Crippen molar-refractivity contribution in [3.05, 3.63) is 0 Å². The zero-order valence-corrected chi connectivity index (χ0v) is 12.2. The van der Waals surface area contributed by atoms with E-state index in [1.807, 2.05) is 0 Å². The molecular formula is C14H31N3. The summed E-state index contributed by atoms with van der Waals surface area (Å²) in [6.07, 6.45) is 1.33. The van der Waals surface area contributed by atoms with Crippen LogP contribution in [0.3, 0.4) is 0 Å². The third-order valence-corrected chi connectivity index (χ3v) is 4.31. The monoisotopic (exact) mass is 241 g/mol. The molecule has 1 rings (SSSR count). The van der Waals surface area contributed by atoms with Gasteiger partial charge in [0.15, 0.2) is 0 Å². The number of likely N-dealkylation sites (tertiary alicyclic amines) is 1. The quantitative estimate of drug-likeness (QED) is 0.735. The number of hydrogen-bond donors (Lipinski definition) is 1. The molecule has 0 bridgehead atoms. The Hall–Kier alpha value is -0.120. The fourth-order valence-electron chi connectivity index (χ4n) is 2.91. The SMILES string of the molecule is CCN(CC)C1CCN(CC(CN)C(C)C)C1. The maximum atomic E-state index is 5.86. The van der Waals surface area contributed by atoms with Crippen LogP contribution >= 0.6 is 0 Å². The predicted octanol–water partition coefficient (Wildman–Crippen LogP) is 1.63. The lowest BCUT2D eigenvalue weighted by Crippen LogP contribution is -2.39. The summed E-state index contributed by atoms with van der Waals surface area (Å²) in [5, 5.41) is 0. The number of likely N-dealkylation sites (N-methyl/N-ethyl adjacent to an activating group) is 1. The molecule has 1 saturated heterocycles. The average molecular weight is 241 g/mol. The molecule has 1 fully saturated rings. The van der Waals surface area contributed by atoms with Gasteiger partial charge in [0.2, 0.25) is 0 Å². The van der Waals surface area contributed by atoms with Crippen molar-refractivity contribution >= 4 is 0 Å². The van der Waals surface area contributed by atoms with Crippen LogP contribution in [0.5, 0.6) is 0 Å². The van der Waals surface area contributed by atoms with Crippen molar-refractivity contribution in [1.82, 2.24) is 9.80 Å². The standard InChI is InChI=1S/C14H31N3/c1-5-17(6-2)14-7-8-16(11-14)10-13(9-15)12(3)4/h12-14H,5-11,15H2,1-4H3. The molecule has 0 spiro atoms. The fourth-order valence-corrected chi connectivity index (χ4v) is 2.91. The minimum absolute atomic E-state index is 0.658. The first-order valence-corrected chi connectivity index (χ1v) is 7.28. The summed E-state index contributed by atoms with van der Waals surface area (Å²) in [6, 6.07) is 0.774. The molecule has 0 aromatic heterocycles. The summed E-state index contributed by atoms with van der Waals surface area (Å²) in [5.74, 6) is 1.36. The second-order valence-electron chi connectivity index (χ2n) is 5.66. The lowest BCUT2D eigenvalue weighted by Gasteiger charge is -2.28. The number of rotatable bonds is 7. The van der Waals surface area contributed by atoms with E-state index >= 15 is 0 Å². The minimum atomic E-state index is 0.658. The van der Waals surface area contributed by atoms with Crippen LogP contribution in [0.2, 0.25) is 0 Å². The van der Waals surface area contributed by atoms with Crippen LogP contribution < -0.4 is 5.73 Å². The summed E-state index contributed by atoms with van der Waals surface area (Å²) in [5.41, 5.74) is 5.86. The highest BCUT2D eigenvalue weighted by molar-refractivity contribution is 4.84. The van der Waals surface area contributed by atoms with E-state index in [-0.39, 0.29) is 0 Å². The first-order chi connectivity index (χ1) is 8.12. The molecule has 1 heterocycles. The number of nitrogens with two attached hydrogens (primary N) is 1. The van der Waals surface area contributed by atoms with E-state index in [9.17, 15) is 0 Å². The van der Waals surface area contributed by atoms with Gasteiger partial charge in [0.25, 0.3) is 0 Å². The van der Waals surface area contributed by atoms with Crippen LogP contribution in [-0.4, -0.2) is 55.1 Å². The van der Waals surface area contributed by atoms with E-state index in [1.165, 1.54) is 39.1 Å². The van der Waals surface area contributed by atoms with E-state index in [0.717, 1.165) is 12.6 Å². The van der Waals surface area contributed by atoms with Gasteiger partial charge < -0.3 is 10.6 Å². The van der Waals surface area contributed by atoms with Crippen LogP contribution in [0.25, 0.3) is 0 Å². The van der Waals surface area contributed by atoms with Gasteiger partial charge in [0.1, 0.15) is 0 Å². The molecule has 102 valence electrons. The average Bonchev–Trinajstić information content (AvgIpc) is 2.76. The Morgan fingerprint density at radius 3 is 2.41 bits per heavy atom. The third-order valence-electron chi connectivity index (χ3n) is 4.31. The van der Waals surface area contributed by atoms with Crippen molar-refractivity contribution in [3.63, 3.8) is 0 Å². The lowest BCUT2D eigenvalue weighted by molar-refractivity contribution is 0.192. The second kappa shape index (κ2) is 7.34. The number of hydrogen-bond acceptors (Lipinski definition) is 3. The molecule has 2 N–H and O–H groups in total. The van der Waals surface area contributed by atoms with Gasteiger partial charge in [-0.25, -0.2) is 0 Å². The Morgan fingerprint density at radius 2 is 1.94 bits per heavy atom. The van der Waals surface area contributed by atoms with Crippen molar-refractivity contribution in [1.29, 1.82) is 0 Å². The van der Waals surface area contributed by atoms with Crippen molar-refractivity contribution in [2.45, 2.75) is 40.2 Å². The summed E-state index contributed by atoms with van der Waals surface area (Å²) in [7, 11) is 0. The Kier molecular flexibility index (Phi) is 6.45. The molecule has 2 atom stereocenters. The zero-order chi connectivity index (χ0) is 12.8. The highest BCUT2D eigenvalue weighted by Crippen LogP contribution is 2.19. The molecule has 2 unspecified atom stereocenters. The molecular weight excluding hydrogens is 210 g/mol. The molecule has 0 aromatic carbocycles. The molecule has 1 aliphatic rings. The van der Waals surface area contributed by atoms with Crippen LogP contribution in [-0.2, 0) is 0 Å². The molecule has 0 aromatic rings. The van der Waals surface area contributed by atoms with Gasteiger partial charge in [-0.15, -0.1) is 0 Å². The van der Waals surface area contributed by atoms with Gasteiger partial charge in [0, 0.05) is 19.1 Å². The molecule has 3 nitrogen and oxygen atoms in total. The van der Waals surface area contributed by atoms with Gasteiger partial charge >= 0.3 is 0 Å². The Bertz CT molecular complexity index is 202. The van der Waals surface area contributed by atoms with E-state index in [2.05, 4.69) is 37.5 Å². The normalized spacial score (nSPS) is 23.8. The first-order valence-electron chi connectivity index (χ1n) is 7.28. The molecule has 1 aliphatic heterocycles. The maximum Gasteiger partial charge on any atom is 0.0235 e. The predicted molar refractivity (Wildman–Crippen MR) is 75.1 cm³/mol. The van der Waals surface area contributed by atoms with Gasteiger partial charge in [-0.3, -0.25) is 4.90 Å². The van der Waals surface area contributed by atoms with Gasteiger partial charge in [-0.1, -0.05) is 27.7 Å². The molecule has 0 saturated carbocycles. The molecule has 3 heteroatoms. The number of nitrogens with zero attached hydrogens (tertiary/aromatic N) is 2. The van der Waals surface area contributed by atoms with Crippen molar-refractivity contribution in [2.75, 3.05) is 39.3 Å². The van der Waals surface area contributed by atoms with Gasteiger partial charge in [-0.05, 0) is 44.4 Å². The Labute approximate surface area is 107 Å². The zero-order valence-electron chi connectivity index (χ0n) is 12.2. The molecule has 17 heavy (non-hydrogen) atoms. The molecule has 0 radical (unpaired) electrons. The molecule has 0 aliphatic carbocycles. The van der Waals surface area contributed by atoms with Crippen LogP contribution in [0.1, 0.15) is 34.1 Å². The van der Waals surface area contributed by atoms with Crippen molar-refractivity contribution in [2.24, 2.45) is 17.6 Å². The lowest BCUT2D eigenvalue weighted by atomic mass is 9.95. The maximum absolute atomic E-state index is 5.86. The Balaban J connectivity index is 2.39. The van der Waals surface area contributed by atoms with E-state index in [4.69, 9.17) is 5.73 Å². The summed E-state index contributed by atoms with van der Waals surface area (Å²) in [6.45, 7) is 16.0. The van der Waals surface area contributed by atoms with E-state index < -0.39 is 0 Å². The van der Waals surface area contributed by atoms with Crippen molar-refractivity contribution in [3.8, 4) is 0 Å². The fraction of sp³-hybridized carbons (Fsp3) is 1.00. The minimum Gasteiger partial charge on any atom is -0.330 e. The Morgan fingerprint density at radius 1 is 1.29 bits per heavy atom. The van der Waals surface area contributed by atoms with Crippen LogP contribution in [0.4, 0.5) is 0 Å². The topological polar surface area (TPSA) is 32.5 Å². The largest absolute Gasteiger partial charge is 0.330 e. The van der Waals surface area contributed by atoms with Gasteiger partial charge in [-0.2, -0.15) is 0 Å². The third kappa shape index (κ3) is 4.23. The van der Waals surface area contributed by atoms with Crippen LogP contribution in [0, 0.1) is 11.8 Å². The van der Waals surface area contributed by atoms with E-state index in [1.54, 1.807) is 0 Å². The van der Waals surface area contributed by atoms with Crippen molar-refractivity contribution < 1.29 is 0 Å². The van der Waals surface area contributed by atoms with Crippen LogP contribution in [0.15, 0.2) is 0 Å². The highest BCUT2D eigenvalue weighted by Gasteiger charge is 2.27. The first kappa shape index (κ1) is 14.9. The second-order valence-corrected chi connectivity index (χ2v) is 5.66. The van der Waals surface area contributed by atoms with E-state index in [0.29, 0.717) is 11.8 Å². The highest BCUT2D eigenvalue weighted by atomic mass is 15.2. The van der Waals surface area contributed by atoms with Gasteiger partial charge in [0.05, 0.1) is 0 Å². The smallest absolute Gasteiger partial charge is 0.0235 e. The summed E-state index contributed by atoms with van der Waals surface area (Å²) >= 11 is 0. The summed E-state index contributed by atoms with van der Waals surface area (Å²) < 4.78 is 0. The summed E-state index contributed by atoms with van der Waals surface area (Å²) in [4.78, 5) is 5.20. The molecule has 0 amide bonds.